The van der Waals surface area contributed by atoms with Gasteiger partial charge >= 0.3 is 11.9 Å². The van der Waals surface area contributed by atoms with Crippen molar-refractivity contribution in [3.05, 3.63) is 47.7 Å². The average molecular weight is 372 g/mol. The lowest BCUT2D eigenvalue weighted by Crippen LogP contribution is -2.49. The molecule has 0 bridgehead atoms. The highest BCUT2D eigenvalue weighted by molar-refractivity contribution is 5.82. The molecule has 5 heteroatoms. The Hall–Kier alpha value is -2.30. The van der Waals surface area contributed by atoms with E-state index in [1.807, 2.05) is 30.3 Å². The van der Waals surface area contributed by atoms with E-state index in [9.17, 15) is 19.8 Å². The molecule has 1 saturated carbocycles. The molecule has 1 fully saturated rings. The van der Waals surface area contributed by atoms with Crippen molar-refractivity contribution >= 4 is 11.9 Å². The molecule has 2 aliphatic carbocycles. The van der Waals surface area contributed by atoms with Crippen molar-refractivity contribution in [2.45, 2.75) is 58.5 Å². The molecule has 0 aromatic heterocycles. The van der Waals surface area contributed by atoms with Crippen LogP contribution in [0.15, 0.2) is 42.2 Å². The number of allylic oxidation sites excluding steroid dienone is 1. The lowest BCUT2D eigenvalue weighted by atomic mass is 9.57. The Kier molecular flexibility index (Phi) is 5.59. The molecule has 0 radical (unpaired) electrons. The molecule has 5 nitrogen and oxygen atoms in total. The van der Waals surface area contributed by atoms with Crippen LogP contribution in [0.5, 0.6) is 0 Å². The number of ether oxygens (including phenoxy) is 1. The SMILES string of the molecule is CC1(C(=O)O)CC(C(=O)O)(C2CCCCC2)CC=C1OCc1ccccc1. The quantitative estimate of drug-likeness (QED) is 0.761. The van der Waals surface area contributed by atoms with Gasteiger partial charge in [0.2, 0.25) is 0 Å². The molecule has 0 saturated heterocycles. The van der Waals surface area contributed by atoms with Crippen LogP contribution in [0, 0.1) is 16.7 Å². The first-order valence-corrected chi connectivity index (χ1v) is 9.73. The summed E-state index contributed by atoms with van der Waals surface area (Å²) in [5.74, 6) is -1.50. The molecule has 2 aliphatic rings. The van der Waals surface area contributed by atoms with Crippen LogP contribution < -0.4 is 0 Å². The summed E-state index contributed by atoms with van der Waals surface area (Å²) in [6, 6.07) is 9.57. The fourth-order valence-electron chi connectivity index (χ4n) is 4.73. The summed E-state index contributed by atoms with van der Waals surface area (Å²) < 4.78 is 5.89. The maximum atomic E-state index is 12.3. The van der Waals surface area contributed by atoms with Gasteiger partial charge in [-0.25, -0.2) is 0 Å². The molecular weight excluding hydrogens is 344 g/mol. The second-order valence-electron chi connectivity index (χ2n) is 8.16. The average Bonchev–Trinajstić information content (AvgIpc) is 2.68. The number of rotatable bonds is 6. The first-order chi connectivity index (χ1) is 12.9. The third-order valence-electron chi connectivity index (χ3n) is 6.39. The Morgan fingerprint density at radius 1 is 1.07 bits per heavy atom. The third-order valence-corrected chi connectivity index (χ3v) is 6.39. The molecule has 0 aliphatic heterocycles. The van der Waals surface area contributed by atoms with Gasteiger partial charge in [0.25, 0.3) is 0 Å². The minimum Gasteiger partial charge on any atom is -0.492 e. The van der Waals surface area contributed by atoms with Crippen LogP contribution in [0.4, 0.5) is 0 Å². The molecule has 2 unspecified atom stereocenters. The largest absolute Gasteiger partial charge is 0.492 e. The summed E-state index contributed by atoms with van der Waals surface area (Å²) in [5, 5.41) is 20.0. The number of carboxylic acid groups (broad SMARTS) is 2. The van der Waals surface area contributed by atoms with Gasteiger partial charge in [0.05, 0.1) is 5.41 Å². The van der Waals surface area contributed by atoms with Gasteiger partial charge in [-0.15, -0.1) is 0 Å². The molecule has 146 valence electrons. The van der Waals surface area contributed by atoms with E-state index in [-0.39, 0.29) is 18.9 Å². The van der Waals surface area contributed by atoms with Crippen molar-refractivity contribution in [1.29, 1.82) is 0 Å². The van der Waals surface area contributed by atoms with Gasteiger partial charge in [-0.3, -0.25) is 9.59 Å². The molecule has 2 atom stereocenters. The molecule has 1 aromatic rings. The smallest absolute Gasteiger partial charge is 0.317 e. The minimum atomic E-state index is -1.33. The lowest BCUT2D eigenvalue weighted by Gasteiger charge is -2.46. The summed E-state index contributed by atoms with van der Waals surface area (Å²) in [4.78, 5) is 24.5. The Labute approximate surface area is 160 Å². The third kappa shape index (κ3) is 3.73. The lowest BCUT2D eigenvalue weighted by molar-refractivity contribution is -0.163. The standard InChI is InChI=1S/C22H28O5/c1-21(19(23)24)15-22(20(25)26,17-10-6-3-7-11-17)13-12-18(21)27-14-16-8-4-2-5-9-16/h2,4-5,8-9,12,17H,3,6-7,10-11,13-15H2,1H3,(H,23,24)(H,25,26). The normalized spacial score (nSPS) is 29.0. The number of carbonyl (C=O) groups is 2. The van der Waals surface area contributed by atoms with E-state index in [2.05, 4.69) is 0 Å². The molecule has 0 spiro atoms. The molecule has 1 aromatic carbocycles. The van der Waals surface area contributed by atoms with Gasteiger partial charge < -0.3 is 14.9 Å². The Balaban J connectivity index is 1.88. The van der Waals surface area contributed by atoms with Crippen molar-refractivity contribution in [2.75, 3.05) is 0 Å². The highest BCUT2D eigenvalue weighted by Crippen LogP contribution is 2.54. The Morgan fingerprint density at radius 3 is 2.33 bits per heavy atom. The van der Waals surface area contributed by atoms with Crippen molar-refractivity contribution < 1.29 is 24.5 Å². The summed E-state index contributed by atoms with van der Waals surface area (Å²) in [5.41, 5.74) is -1.40. The predicted octanol–water partition coefficient (Wildman–Crippen LogP) is 4.62. The zero-order valence-electron chi connectivity index (χ0n) is 15.8. The zero-order valence-corrected chi connectivity index (χ0v) is 15.8. The first kappa shape index (κ1) is 19.5. The van der Waals surface area contributed by atoms with Crippen molar-refractivity contribution in [3.8, 4) is 0 Å². The summed E-state index contributed by atoms with van der Waals surface area (Å²) in [6.07, 6.45) is 7.02. The molecule has 0 amide bonds. The van der Waals surface area contributed by atoms with Crippen LogP contribution in [0.25, 0.3) is 0 Å². The minimum absolute atomic E-state index is 0.0225. The van der Waals surface area contributed by atoms with E-state index in [0.717, 1.165) is 37.7 Å². The van der Waals surface area contributed by atoms with Gasteiger partial charge in [0, 0.05) is 0 Å². The number of benzene rings is 1. The first-order valence-electron chi connectivity index (χ1n) is 9.73. The number of hydrogen-bond acceptors (Lipinski definition) is 3. The van der Waals surface area contributed by atoms with Gasteiger partial charge in [0.1, 0.15) is 17.8 Å². The van der Waals surface area contributed by atoms with Crippen molar-refractivity contribution in [2.24, 2.45) is 16.7 Å². The number of hydrogen-bond donors (Lipinski definition) is 2. The fourth-order valence-corrected chi connectivity index (χ4v) is 4.73. The van der Waals surface area contributed by atoms with Gasteiger partial charge in [-0.1, -0.05) is 49.6 Å². The summed E-state index contributed by atoms with van der Waals surface area (Å²) in [7, 11) is 0. The summed E-state index contributed by atoms with van der Waals surface area (Å²) in [6.45, 7) is 1.88. The van der Waals surface area contributed by atoms with E-state index in [1.165, 1.54) is 0 Å². The molecule has 27 heavy (non-hydrogen) atoms. The fraction of sp³-hybridized carbons (Fsp3) is 0.545. The Morgan fingerprint density at radius 2 is 1.74 bits per heavy atom. The molecule has 3 rings (SSSR count). The van der Waals surface area contributed by atoms with Gasteiger partial charge in [0.15, 0.2) is 0 Å². The van der Waals surface area contributed by atoms with Crippen LogP contribution >= 0.6 is 0 Å². The van der Waals surface area contributed by atoms with Crippen LogP contribution in [0.3, 0.4) is 0 Å². The van der Waals surface area contributed by atoms with Crippen LogP contribution in [0.2, 0.25) is 0 Å². The predicted molar refractivity (Wildman–Crippen MR) is 101 cm³/mol. The zero-order chi connectivity index (χ0) is 19.5. The second kappa shape index (κ2) is 7.75. The molecule has 0 heterocycles. The van der Waals surface area contributed by atoms with Crippen molar-refractivity contribution in [3.63, 3.8) is 0 Å². The molecule has 2 N–H and O–H groups in total. The highest BCUT2D eigenvalue weighted by atomic mass is 16.5. The van der Waals surface area contributed by atoms with E-state index >= 15 is 0 Å². The van der Waals surface area contributed by atoms with E-state index in [0.29, 0.717) is 12.2 Å². The van der Waals surface area contributed by atoms with Crippen LogP contribution in [-0.2, 0) is 20.9 Å². The van der Waals surface area contributed by atoms with Crippen LogP contribution in [0.1, 0.15) is 57.4 Å². The number of carboxylic acids is 2. The van der Waals surface area contributed by atoms with E-state index in [4.69, 9.17) is 4.74 Å². The van der Waals surface area contributed by atoms with Crippen molar-refractivity contribution in [1.82, 2.24) is 0 Å². The highest BCUT2D eigenvalue weighted by Gasteiger charge is 2.56. The van der Waals surface area contributed by atoms with Crippen LogP contribution in [-0.4, -0.2) is 22.2 Å². The maximum Gasteiger partial charge on any atom is 0.317 e. The summed E-state index contributed by atoms with van der Waals surface area (Å²) >= 11 is 0. The van der Waals surface area contributed by atoms with Gasteiger partial charge in [-0.2, -0.15) is 0 Å². The van der Waals surface area contributed by atoms with E-state index < -0.39 is 22.8 Å². The van der Waals surface area contributed by atoms with Gasteiger partial charge in [-0.05, 0) is 50.2 Å². The monoisotopic (exact) mass is 372 g/mol. The Bertz CT molecular complexity index is 719. The van der Waals surface area contributed by atoms with E-state index in [1.54, 1.807) is 13.0 Å². The topological polar surface area (TPSA) is 83.8 Å². The maximum absolute atomic E-state index is 12.3. The second-order valence-corrected chi connectivity index (χ2v) is 8.16. The number of aliphatic carboxylic acids is 2. The molecular formula is C22H28O5.